The summed E-state index contributed by atoms with van der Waals surface area (Å²) >= 11 is 0. The topological polar surface area (TPSA) is 102 Å². The molecule has 186 valence electrons. The van der Waals surface area contributed by atoms with Gasteiger partial charge in [0, 0.05) is 6.42 Å². The number of carbonyl (C=O) groups is 1. The van der Waals surface area contributed by atoms with Gasteiger partial charge < -0.3 is 18.8 Å². The minimum Gasteiger partial charge on any atom is -0.746 e. The molecule has 1 atom stereocenters. The van der Waals surface area contributed by atoms with E-state index in [-0.39, 0.29) is 61.5 Å². The fourth-order valence-electron chi connectivity index (χ4n) is 3.31. The predicted molar refractivity (Wildman–Crippen MR) is 122 cm³/mol. The van der Waals surface area contributed by atoms with Crippen molar-refractivity contribution in [1.82, 2.24) is 0 Å². The van der Waals surface area contributed by atoms with E-state index in [2.05, 4.69) is 11.7 Å². The van der Waals surface area contributed by atoms with E-state index in [0.717, 1.165) is 12.8 Å². The zero-order valence-electron chi connectivity index (χ0n) is 20.8. The number of carbonyl (C=O) groups excluding carboxylic acids is 1. The standard InChI is InChI=1S/C23H46O7S.Na/c1-3-4-5-6-7-8-9-10-11-12-13-14-15-16-17-23(24)30-22(2)20-28-18-19-29-21-31(25,26)27;/h22H,3-21H2,1-2H3,(H,25,26,27);/q;+1/p-1. The molecule has 0 aliphatic rings. The van der Waals surface area contributed by atoms with E-state index in [9.17, 15) is 17.8 Å². The van der Waals surface area contributed by atoms with Crippen LogP contribution in [-0.2, 0) is 29.1 Å². The Morgan fingerprint density at radius 1 is 0.781 bits per heavy atom. The van der Waals surface area contributed by atoms with Crippen LogP contribution in [0.15, 0.2) is 0 Å². The summed E-state index contributed by atoms with van der Waals surface area (Å²) in [5.41, 5.74) is 0. The molecule has 0 radical (unpaired) electrons. The fourth-order valence-corrected chi connectivity index (χ4v) is 3.63. The molecule has 7 nitrogen and oxygen atoms in total. The maximum absolute atomic E-state index is 11.8. The van der Waals surface area contributed by atoms with Gasteiger partial charge in [-0.15, -0.1) is 0 Å². The summed E-state index contributed by atoms with van der Waals surface area (Å²) in [4.78, 5) is 11.8. The molecule has 0 saturated heterocycles. The average molecular weight is 489 g/mol. The molecule has 0 aromatic heterocycles. The van der Waals surface area contributed by atoms with Crippen molar-refractivity contribution in [3.8, 4) is 0 Å². The van der Waals surface area contributed by atoms with Crippen LogP contribution in [0.3, 0.4) is 0 Å². The number of hydrogen-bond acceptors (Lipinski definition) is 7. The molecule has 0 heterocycles. The first-order valence-electron chi connectivity index (χ1n) is 12.1. The molecule has 0 bridgehead atoms. The van der Waals surface area contributed by atoms with Crippen molar-refractivity contribution in [3.63, 3.8) is 0 Å². The van der Waals surface area contributed by atoms with Crippen LogP contribution in [0.2, 0.25) is 0 Å². The Labute approximate surface area is 218 Å². The normalized spacial score (nSPS) is 12.3. The molecule has 0 aromatic rings. The van der Waals surface area contributed by atoms with Gasteiger partial charge in [0.05, 0.1) is 19.8 Å². The maximum Gasteiger partial charge on any atom is 1.00 e. The van der Waals surface area contributed by atoms with Gasteiger partial charge in [0.2, 0.25) is 0 Å². The summed E-state index contributed by atoms with van der Waals surface area (Å²) in [7, 11) is -4.37. The van der Waals surface area contributed by atoms with Crippen LogP contribution in [0.25, 0.3) is 0 Å². The second-order valence-electron chi connectivity index (χ2n) is 8.31. The van der Waals surface area contributed by atoms with Crippen molar-refractivity contribution in [2.45, 2.75) is 116 Å². The minimum absolute atomic E-state index is 0. The largest absolute Gasteiger partial charge is 1.00 e. The Morgan fingerprint density at radius 2 is 1.22 bits per heavy atom. The molecule has 32 heavy (non-hydrogen) atoms. The predicted octanol–water partition coefficient (Wildman–Crippen LogP) is 2.33. The van der Waals surface area contributed by atoms with Gasteiger partial charge in [0.1, 0.15) is 22.2 Å². The molecule has 0 spiro atoms. The summed E-state index contributed by atoms with van der Waals surface area (Å²) in [6.07, 6.45) is 18.0. The van der Waals surface area contributed by atoms with E-state index in [4.69, 9.17) is 9.47 Å². The Bertz CT molecular complexity index is 514. The van der Waals surface area contributed by atoms with Gasteiger partial charge in [-0.25, -0.2) is 8.42 Å². The monoisotopic (exact) mass is 488 g/mol. The number of rotatable bonds is 23. The Balaban J connectivity index is 0. The van der Waals surface area contributed by atoms with Crippen molar-refractivity contribution >= 4 is 16.1 Å². The average Bonchev–Trinajstić information content (AvgIpc) is 2.70. The summed E-state index contributed by atoms with van der Waals surface area (Å²) in [6.45, 7) is 4.34. The van der Waals surface area contributed by atoms with Crippen LogP contribution in [0, 0.1) is 0 Å². The Kier molecular flexibility index (Phi) is 26.3. The van der Waals surface area contributed by atoms with E-state index >= 15 is 0 Å². The zero-order valence-corrected chi connectivity index (χ0v) is 23.6. The SMILES string of the molecule is CCCCCCCCCCCCCCCCC(=O)OC(C)COCCOCS(=O)(=O)[O-].[Na+]. The smallest absolute Gasteiger partial charge is 0.746 e. The number of ether oxygens (including phenoxy) is 3. The van der Waals surface area contributed by atoms with Gasteiger partial charge in [0.15, 0.2) is 0 Å². The van der Waals surface area contributed by atoms with Gasteiger partial charge in [-0.3, -0.25) is 4.79 Å². The van der Waals surface area contributed by atoms with E-state index in [1.165, 1.54) is 77.0 Å². The van der Waals surface area contributed by atoms with Crippen LogP contribution >= 0.6 is 0 Å². The van der Waals surface area contributed by atoms with Crippen molar-refractivity contribution in [3.05, 3.63) is 0 Å². The number of hydrogen-bond donors (Lipinski definition) is 0. The van der Waals surface area contributed by atoms with Gasteiger partial charge in [0.25, 0.3) is 0 Å². The first kappa shape index (κ1) is 34.5. The number of esters is 1. The third kappa shape index (κ3) is 28.3. The molecule has 0 aromatic carbocycles. The van der Waals surface area contributed by atoms with Gasteiger partial charge >= 0.3 is 35.5 Å². The summed E-state index contributed by atoms with van der Waals surface area (Å²) in [5.74, 6) is -1.08. The summed E-state index contributed by atoms with van der Waals surface area (Å²) in [5, 5.41) is 0. The molecule has 0 saturated carbocycles. The van der Waals surface area contributed by atoms with Crippen molar-refractivity contribution in [2.24, 2.45) is 0 Å². The van der Waals surface area contributed by atoms with E-state index in [1.807, 2.05) is 0 Å². The van der Waals surface area contributed by atoms with Gasteiger partial charge in [-0.05, 0) is 13.3 Å². The Morgan fingerprint density at radius 3 is 1.69 bits per heavy atom. The van der Waals surface area contributed by atoms with Crippen LogP contribution in [0.1, 0.15) is 110 Å². The molecule has 0 N–H and O–H groups in total. The van der Waals surface area contributed by atoms with Crippen molar-refractivity contribution in [2.75, 3.05) is 25.8 Å². The molecule has 0 fully saturated rings. The molecule has 1 unspecified atom stereocenters. The fraction of sp³-hybridized carbons (Fsp3) is 0.957. The minimum atomic E-state index is -4.37. The van der Waals surface area contributed by atoms with Crippen LogP contribution < -0.4 is 29.6 Å². The van der Waals surface area contributed by atoms with Gasteiger partial charge in [-0.1, -0.05) is 90.4 Å². The van der Waals surface area contributed by atoms with Crippen LogP contribution in [0.4, 0.5) is 0 Å². The quantitative estimate of drug-likeness (QED) is 0.0941. The molecule has 0 aliphatic heterocycles. The second-order valence-corrected chi connectivity index (χ2v) is 9.66. The van der Waals surface area contributed by atoms with Crippen molar-refractivity contribution < 1.29 is 61.5 Å². The first-order valence-corrected chi connectivity index (χ1v) is 13.7. The molecule has 9 heteroatoms. The molecule has 0 rings (SSSR count). The Hall–Kier alpha value is 0.300. The van der Waals surface area contributed by atoms with E-state index in [0.29, 0.717) is 6.42 Å². The van der Waals surface area contributed by atoms with Crippen LogP contribution in [-0.4, -0.2) is 50.8 Å². The number of unbranched alkanes of at least 4 members (excludes halogenated alkanes) is 13. The van der Waals surface area contributed by atoms with E-state index in [1.54, 1.807) is 6.92 Å². The summed E-state index contributed by atoms with van der Waals surface area (Å²) in [6, 6.07) is 0. The second kappa shape index (κ2) is 24.4. The zero-order chi connectivity index (χ0) is 23.2. The molecular weight excluding hydrogens is 443 g/mol. The van der Waals surface area contributed by atoms with Gasteiger partial charge in [-0.2, -0.15) is 0 Å². The molecule has 0 amide bonds. The summed E-state index contributed by atoms with van der Waals surface area (Å²) < 4.78 is 46.2. The molecular formula is C23H45NaO7S. The van der Waals surface area contributed by atoms with Crippen molar-refractivity contribution in [1.29, 1.82) is 0 Å². The third-order valence-corrected chi connectivity index (χ3v) is 5.47. The molecule has 0 aliphatic carbocycles. The maximum atomic E-state index is 11.8. The third-order valence-electron chi connectivity index (χ3n) is 5.02. The van der Waals surface area contributed by atoms with E-state index < -0.39 is 16.1 Å². The van der Waals surface area contributed by atoms with Crippen LogP contribution in [0.5, 0.6) is 0 Å². The first-order chi connectivity index (χ1) is 14.8.